The molecular formula is C15H11ClN2O2S. The van der Waals surface area contributed by atoms with Crippen LogP contribution >= 0.6 is 23.4 Å². The highest BCUT2D eigenvalue weighted by Crippen LogP contribution is 2.36. The smallest absolute Gasteiger partial charge is 0.273 e. The summed E-state index contributed by atoms with van der Waals surface area (Å²) < 4.78 is 0. The molecule has 0 unspecified atom stereocenters. The third kappa shape index (κ3) is 2.75. The van der Waals surface area contributed by atoms with Crippen LogP contribution in [0.25, 0.3) is 10.9 Å². The van der Waals surface area contributed by atoms with Crippen LogP contribution in [-0.2, 0) is 0 Å². The van der Waals surface area contributed by atoms with Crippen LogP contribution in [0.5, 0.6) is 0 Å². The van der Waals surface area contributed by atoms with Gasteiger partial charge in [0.25, 0.3) is 5.69 Å². The molecule has 4 nitrogen and oxygen atoms in total. The largest absolute Gasteiger partial charge is 0.360 e. The number of rotatable bonds is 3. The Morgan fingerprint density at radius 2 is 2.05 bits per heavy atom. The Bertz CT molecular complexity index is 845. The predicted molar refractivity (Wildman–Crippen MR) is 85.3 cm³/mol. The minimum atomic E-state index is -0.353. The van der Waals surface area contributed by atoms with Crippen LogP contribution in [0.3, 0.4) is 0 Å². The molecule has 0 amide bonds. The number of aromatic amines is 1. The Morgan fingerprint density at radius 3 is 2.81 bits per heavy atom. The molecule has 0 aliphatic carbocycles. The molecule has 1 heterocycles. The molecule has 1 N–H and O–H groups in total. The number of aryl methyl sites for hydroxylation is 1. The van der Waals surface area contributed by atoms with Gasteiger partial charge >= 0.3 is 0 Å². The summed E-state index contributed by atoms with van der Waals surface area (Å²) in [7, 11) is 0. The van der Waals surface area contributed by atoms with E-state index in [1.54, 1.807) is 19.1 Å². The molecule has 0 atom stereocenters. The quantitative estimate of drug-likeness (QED) is 0.534. The third-order valence-corrected chi connectivity index (χ3v) is 4.49. The van der Waals surface area contributed by atoms with Crippen LogP contribution in [0.1, 0.15) is 5.56 Å². The van der Waals surface area contributed by atoms with Crippen molar-refractivity contribution in [2.45, 2.75) is 16.7 Å². The molecule has 1 aromatic heterocycles. The lowest BCUT2D eigenvalue weighted by molar-refractivity contribution is -0.385. The Morgan fingerprint density at radius 1 is 1.24 bits per heavy atom. The van der Waals surface area contributed by atoms with E-state index in [4.69, 9.17) is 11.6 Å². The maximum atomic E-state index is 11.0. The molecule has 0 spiro atoms. The number of nitrogens with one attached hydrogen (secondary N) is 1. The Hall–Kier alpha value is -1.98. The predicted octanol–water partition coefficient (Wildman–Crippen LogP) is 5.19. The minimum Gasteiger partial charge on any atom is -0.360 e. The minimum absolute atomic E-state index is 0.142. The first-order chi connectivity index (χ1) is 10.0. The van der Waals surface area contributed by atoms with E-state index in [0.29, 0.717) is 10.6 Å². The second-order valence-electron chi connectivity index (χ2n) is 4.65. The summed E-state index contributed by atoms with van der Waals surface area (Å²) in [6.07, 6.45) is 1.89. The second-order valence-corrected chi connectivity index (χ2v) is 6.20. The van der Waals surface area contributed by atoms with Gasteiger partial charge in [-0.25, -0.2) is 0 Å². The van der Waals surface area contributed by atoms with E-state index >= 15 is 0 Å². The Balaban J connectivity index is 1.99. The topological polar surface area (TPSA) is 58.9 Å². The molecule has 3 aromatic rings. The highest BCUT2D eigenvalue weighted by atomic mass is 35.5. The molecule has 106 valence electrons. The number of H-pyrrole nitrogens is 1. The lowest BCUT2D eigenvalue weighted by Gasteiger charge is -2.02. The SMILES string of the molecule is Cc1ccc(Sc2c[nH]c3cc(Cl)ccc23)cc1[N+](=O)[O-]. The normalized spacial score (nSPS) is 11.0. The number of aromatic nitrogens is 1. The van der Waals surface area contributed by atoms with E-state index in [1.165, 1.54) is 11.8 Å². The number of fused-ring (bicyclic) bond motifs is 1. The fourth-order valence-corrected chi connectivity index (χ4v) is 3.27. The van der Waals surface area contributed by atoms with Crippen LogP contribution in [0, 0.1) is 17.0 Å². The Kier molecular flexibility index (Phi) is 3.61. The number of hydrogen-bond donors (Lipinski definition) is 1. The molecule has 0 saturated carbocycles. The van der Waals surface area contributed by atoms with Gasteiger partial charge in [-0.15, -0.1) is 0 Å². The number of nitro benzene ring substituents is 1. The van der Waals surface area contributed by atoms with Crippen molar-refractivity contribution in [1.82, 2.24) is 4.98 Å². The molecule has 6 heteroatoms. The fourth-order valence-electron chi connectivity index (χ4n) is 2.13. The number of nitro groups is 1. The monoisotopic (exact) mass is 318 g/mol. The van der Waals surface area contributed by atoms with Crippen molar-refractivity contribution in [2.24, 2.45) is 0 Å². The molecule has 0 bridgehead atoms. The van der Waals surface area contributed by atoms with Crippen molar-refractivity contribution in [3.05, 3.63) is 63.3 Å². The van der Waals surface area contributed by atoms with Gasteiger partial charge in [0.2, 0.25) is 0 Å². The third-order valence-electron chi connectivity index (χ3n) is 3.21. The summed E-state index contributed by atoms with van der Waals surface area (Å²) in [5.41, 5.74) is 1.75. The maximum Gasteiger partial charge on any atom is 0.273 e. The Labute approximate surface area is 130 Å². The molecule has 0 fully saturated rings. The summed E-state index contributed by atoms with van der Waals surface area (Å²) in [5, 5.41) is 12.7. The molecule has 2 aromatic carbocycles. The van der Waals surface area contributed by atoms with Crippen LogP contribution in [0.4, 0.5) is 5.69 Å². The number of benzene rings is 2. The lowest BCUT2D eigenvalue weighted by Crippen LogP contribution is -1.91. The van der Waals surface area contributed by atoms with Gasteiger partial charge in [-0.1, -0.05) is 35.5 Å². The van der Waals surface area contributed by atoms with Gasteiger partial charge in [-0.05, 0) is 25.1 Å². The van der Waals surface area contributed by atoms with E-state index in [1.807, 2.05) is 30.5 Å². The highest BCUT2D eigenvalue weighted by molar-refractivity contribution is 7.99. The first-order valence-corrected chi connectivity index (χ1v) is 7.43. The number of hydrogen-bond acceptors (Lipinski definition) is 3. The van der Waals surface area contributed by atoms with Crippen molar-refractivity contribution in [3.8, 4) is 0 Å². The lowest BCUT2D eigenvalue weighted by atomic mass is 10.2. The van der Waals surface area contributed by atoms with Crippen molar-refractivity contribution in [1.29, 1.82) is 0 Å². The molecular weight excluding hydrogens is 308 g/mol. The molecule has 3 rings (SSSR count). The maximum absolute atomic E-state index is 11.0. The average Bonchev–Trinajstić information content (AvgIpc) is 2.83. The summed E-state index contributed by atoms with van der Waals surface area (Å²) in [5.74, 6) is 0. The van der Waals surface area contributed by atoms with Crippen molar-refractivity contribution in [2.75, 3.05) is 0 Å². The molecule has 0 aliphatic rings. The van der Waals surface area contributed by atoms with Crippen LogP contribution in [0.2, 0.25) is 5.02 Å². The number of halogens is 1. The summed E-state index contributed by atoms with van der Waals surface area (Å²) in [4.78, 5) is 15.7. The van der Waals surface area contributed by atoms with Gasteiger partial charge in [-0.3, -0.25) is 10.1 Å². The zero-order chi connectivity index (χ0) is 15.0. The zero-order valence-corrected chi connectivity index (χ0v) is 12.7. The second kappa shape index (κ2) is 5.42. The van der Waals surface area contributed by atoms with Crippen LogP contribution < -0.4 is 0 Å². The first-order valence-electron chi connectivity index (χ1n) is 6.24. The molecule has 0 aliphatic heterocycles. The van der Waals surface area contributed by atoms with E-state index in [-0.39, 0.29) is 10.6 Å². The van der Waals surface area contributed by atoms with E-state index in [9.17, 15) is 10.1 Å². The van der Waals surface area contributed by atoms with Crippen molar-refractivity contribution < 1.29 is 4.92 Å². The van der Waals surface area contributed by atoms with Crippen LogP contribution in [0.15, 0.2) is 52.4 Å². The molecule has 21 heavy (non-hydrogen) atoms. The molecule has 0 radical (unpaired) electrons. The van der Waals surface area contributed by atoms with Gasteiger partial charge in [0.15, 0.2) is 0 Å². The van der Waals surface area contributed by atoms with Gasteiger partial charge in [0.1, 0.15) is 0 Å². The van der Waals surface area contributed by atoms with Crippen molar-refractivity contribution in [3.63, 3.8) is 0 Å². The summed E-state index contributed by atoms with van der Waals surface area (Å²) >= 11 is 7.45. The summed E-state index contributed by atoms with van der Waals surface area (Å²) in [6.45, 7) is 1.74. The van der Waals surface area contributed by atoms with E-state index in [2.05, 4.69) is 4.98 Å². The average molecular weight is 319 g/mol. The fraction of sp³-hybridized carbons (Fsp3) is 0.0667. The van der Waals surface area contributed by atoms with Gasteiger partial charge in [0.05, 0.1) is 4.92 Å². The van der Waals surface area contributed by atoms with Gasteiger partial charge in [-0.2, -0.15) is 0 Å². The summed E-state index contributed by atoms with van der Waals surface area (Å²) in [6, 6.07) is 10.9. The number of nitrogens with zero attached hydrogens (tertiary/aromatic N) is 1. The van der Waals surface area contributed by atoms with Gasteiger partial charge in [0, 0.05) is 43.5 Å². The zero-order valence-electron chi connectivity index (χ0n) is 11.1. The van der Waals surface area contributed by atoms with E-state index < -0.39 is 0 Å². The van der Waals surface area contributed by atoms with Crippen LogP contribution in [-0.4, -0.2) is 9.91 Å². The van der Waals surface area contributed by atoms with Gasteiger partial charge < -0.3 is 4.98 Å². The van der Waals surface area contributed by atoms with E-state index in [0.717, 1.165) is 20.7 Å². The molecule has 0 saturated heterocycles. The highest BCUT2D eigenvalue weighted by Gasteiger charge is 2.13. The standard InChI is InChI=1S/C15H11ClN2O2S/c1-9-2-4-11(7-14(9)18(19)20)21-15-8-17-13-6-10(16)3-5-12(13)15/h2-8,17H,1H3. The first kappa shape index (κ1) is 14.0. The van der Waals surface area contributed by atoms with Crippen molar-refractivity contribution >= 4 is 40.0 Å².